The zero-order valence-corrected chi connectivity index (χ0v) is 17.4. The lowest BCUT2D eigenvalue weighted by molar-refractivity contribution is 0.216. The van der Waals surface area contributed by atoms with Gasteiger partial charge in [-0.1, -0.05) is 48.5 Å². The number of para-hydroxylation sites is 1. The molecule has 1 fully saturated rings. The molecule has 6 heteroatoms. The van der Waals surface area contributed by atoms with Gasteiger partial charge in [-0.25, -0.2) is 4.98 Å². The van der Waals surface area contributed by atoms with Crippen LogP contribution in [0.3, 0.4) is 0 Å². The average Bonchev–Trinajstić information content (AvgIpc) is 3.05. The minimum Gasteiger partial charge on any atom is -0.369 e. The highest BCUT2D eigenvalue weighted by Gasteiger charge is 2.30. The molecule has 5 nitrogen and oxygen atoms in total. The van der Waals surface area contributed by atoms with E-state index in [-0.39, 0.29) is 6.04 Å². The number of piperazine rings is 1. The Balaban J connectivity index is 1.56. The Labute approximate surface area is 174 Å². The smallest absolute Gasteiger partial charge is 0.141 e. The van der Waals surface area contributed by atoms with E-state index in [0.717, 1.165) is 47.9 Å². The molecule has 1 atom stereocenters. The number of halogens is 1. The molecule has 0 bridgehead atoms. The lowest BCUT2D eigenvalue weighted by Crippen LogP contribution is -2.47. The molecule has 1 aliphatic rings. The minimum absolute atomic E-state index is 0.331. The lowest BCUT2D eigenvalue weighted by Gasteiger charge is -2.38. The third-order valence-corrected chi connectivity index (χ3v) is 5.89. The Bertz CT molecular complexity index is 969. The lowest BCUT2D eigenvalue weighted by atomic mass is 10.1. The summed E-state index contributed by atoms with van der Waals surface area (Å²) in [4.78, 5) is 9.32. The van der Waals surface area contributed by atoms with Crippen molar-refractivity contribution in [1.29, 1.82) is 5.26 Å². The van der Waals surface area contributed by atoms with E-state index >= 15 is 0 Å². The van der Waals surface area contributed by atoms with E-state index in [2.05, 4.69) is 56.1 Å². The van der Waals surface area contributed by atoms with E-state index in [1.54, 1.807) is 0 Å². The molecule has 142 valence electrons. The quantitative estimate of drug-likeness (QED) is 0.614. The molecule has 0 spiro atoms. The fourth-order valence-corrected chi connectivity index (χ4v) is 4.46. The summed E-state index contributed by atoms with van der Waals surface area (Å²) in [6, 6.07) is 22.7. The maximum absolute atomic E-state index is 9.98. The van der Waals surface area contributed by atoms with E-state index in [4.69, 9.17) is 4.98 Å². The number of rotatable bonds is 4. The first-order chi connectivity index (χ1) is 13.7. The predicted octanol–water partition coefficient (Wildman–Crippen LogP) is 4.24. The summed E-state index contributed by atoms with van der Waals surface area (Å²) >= 11 is 3.60. The van der Waals surface area contributed by atoms with Crippen LogP contribution in [0.25, 0.3) is 11.4 Å². The molecule has 1 aromatic heterocycles. The summed E-state index contributed by atoms with van der Waals surface area (Å²) in [6.07, 6.45) is 0. The predicted molar refractivity (Wildman–Crippen MR) is 115 cm³/mol. The standard InChI is InChI=1S/C22H22BrN5/c1-26-20(21(23)25-22(26)17-8-4-2-5-9-17)19(16-24)28-14-12-27(13-15-28)18-10-6-3-7-11-18/h2-11,19H,12-15H2,1H3. The number of anilines is 1. The average molecular weight is 436 g/mol. The number of hydrogen-bond donors (Lipinski definition) is 0. The molecule has 4 rings (SSSR count). The normalized spacial score (nSPS) is 16.0. The van der Waals surface area contributed by atoms with Crippen molar-refractivity contribution >= 4 is 21.6 Å². The van der Waals surface area contributed by atoms with Gasteiger partial charge in [0.05, 0.1) is 11.8 Å². The summed E-state index contributed by atoms with van der Waals surface area (Å²) in [7, 11) is 1.99. The first kappa shape index (κ1) is 18.7. The monoisotopic (exact) mass is 435 g/mol. The van der Waals surface area contributed by atoms with Crippen molar-refractivity contribution in [2.75, 3.05) is 31.1 Å². The van der Waals surface area contributed by atoms with Crippen molar-refractivity contribution in [3.8, 4) is 17.5 Å². The van der Waals surface area contributed by atoms with Gasteiger partial charge in [0.15, 0.2) is 0 Å². The fourth-order valence-electron chi connectivity index (χ4n) is 3.81. The molecular weight excluding hydrogens is 414 g/mol. The Kier molecular flexibility index (Phi) is 5.47. The number of aromatic nitrogens is 2. The van der Waals surface area contributed by atoms with Gasteiger partial charge in [0.1, 0.15) is 16.5 Å². The van der Waals surface area contributed by atoms with Crippen LogP contribution in [0, 0.1) is 11.3 Å². The van der Waals surface area contributed by atoms with E-state index in [0.29, 0.717) is 0 Å². The maximum atomic E-state index is 9.98. The van der Waals surface area contributed by atoms with Crippen LogP contribution < -0.4 is 4.90 Å². The molecule has 0 N–H and O–H groups in total. The highest BCUT2D eigenvalue weighted by Crippen LogP contribution is 2.32. The first-order valence-electron chi connectivity index (χ1n) is 9.40. The van der Waals surface area contributed by atoms with Crippen molar-refractivity contribution in [3.05, 3.63) is 71.0 Å². The number of nitriles is 1. The summed E-state index contributed by atoms with van der Waals surface area (Å²) < 4.78 is 2.78. The highest BCUT2D eigenvalue weighted by molar-refractivity contribution is 9.10. The zero-order valence-electron chi connectivity index (χ0n) is 15.8. The third-order valence-electron chi connectivity index (χ3n) is 5.31. The highest BCUT2D eigenvalue weighted by atomic mass is 79.9. The molecule has 0 amide bonds. The number of hydrogen-bond acceptors (Lipinski definition) is 4. The van der Waals surface area contributed by atoms with Crippen LogP contribution in [-0.4, -0.2) is 40.6 Å². The zero-order chi connectivity index (χ0) is 19.5. The molecule has 2 heterocycles. The van der Waals surface area contributed by atoms with E-state index < -0.39 is 0 Å². The van der Waals surface area contributed by atoms with Crippen molar-refractivity contribution in [2.24, 2.45) is 7.05 Å². The van der Waals surface area contributed by atoms with Crippen molar-refractivity contribution in [1.82, 2.24) is 14.5 Å². The van der Waals surface area contributed by atoms with Gasteiger partial charge in [-0.2, -0.15) is 5.26 Å². The molecular formula is C22H22BrN5. The van der Waals surface area contributed by atoms with Gasteiger partial charge in [0, 0.05) is 44.5 Å². The van der Waals surface area contributed by atoms with Crippen LogP contribution >= 0.6 is 15.9 Å². The molecule has 0 radical (unpaired) electrons. The Morgan fingerprint density at radius 1 is 0.964 bits per heavy atom. The van der Waals surface area contributed by atoms with Crippen molar-refractivity contribution in [3.63, 3.8) is 0 Å². The Morgan fingerprint density at radius 2 is 1.57 bits per heavy atom. The van der Waals surface area contributed by atoms with Gasteiger partial charge in [0.25, 0.3) is 0 Å². The SMILES string of the molecule is Cn1c(-c2ccccc2)nc(Br)c1C(C#N)N1CCN(c2ccccc2)CC1. The van der Waals surface area contributed by atoms with Crippen LogP contribution in [0.15, 0.2) is 65.3 Å². The molecule has 0 aliphatic carbocycles. The van der Waals surface area contributed by atoms with Gasteiger partial charge in [-0.3, -0.25) is 4.90 Å². The van der Waals surface area contributed by atoms with Crippen LogP contribution in [0.4, 0.5) is 5.69 Å². The van der Waals surface area contributed by atoms with Gasteiger partial charge >= 0.3 is 0 Å². The van der Waals surface area contributed by atoms with Crippen LogP contribution in [0.1, 0.15) is 11.7 Å². The second-order valence-electron chi connectivity index (χ2n) is 6.93. The minimum atomic E-state index is -0.331. The summed E-state index contributed by atoms with van der Waals surface area (Å²) in [6.45, 7) is 3.49. The second kappa shape index (κ2) is 8.17. The maximum Gasteiger partial charge on any atom is 0.141 e. The molecule has 1 unspecified atom stereocenters. The first-order valence-corrected chi connectivity index (χ1v) is 10.2. The van der Waals surface area contributed by atoms with Gasteiger partial charge in [0.2, 0.25) is 0 Å². The molecule has 2 aromatic carbocycles. The van der Waals surface area contributed by atoms with Gasteiger partial charge in [-0.05, 0) is 28.1 Å². The number of nitrogens with zero attached hydrogens (tertiary/aromatic N) is 5. The largest absolute Gasteiger partial charge is 0.369 e. The van der Waals surface area contributed by atoms with E-state index in [1.807, 2.05) is 48.0 Å². The Hall–Kier alpha value is -2.62. The molecule has 28 heavy (non-hydrogen) atoms. The number of benzene rings is 2. The summed E-state index contributed by atoms with van der Waals surface area (Å²) in [5, 5.41) is 9.98. The third kappa shape index (κ3) is 3.56. The van der Waals surface area contributed by atoms with E-state index in [9.17, 15) is 5.26 Å². The fraction of sp³-hybridized carbons (Fsp3) is 0.273. The second-order valence-corrected chi connectivity index (χ2v) is 7.68. The van der Waals surface area contributed by atoms with Gasteiger partial charge < -0.3 is 9.47 Å². The molecule has 0 saturated carbocycles. The Morgan fingerprint density at radius 3 is 2.18 bits per heavy atom. The topological polar surface area (TPSA) is 48.1 Å². The molecule has 3 aromatic rings. The summed E-state index contributed by atoms with van der Waals surface area (Å²) in [5.74, 6) is 0.866. The van der Waals surface area contributed by atoms with Crippen LogP contribution in [0.5, 0.6) is 0 Å². The van der Waals surface area contributed by atoms with Crippen molar-refractivity contribution in [2.45, 2.75) is 6.04 Å². The number of imidazole rings is 1. The van der Waals surface area contributed by atoms with Crippen LogP contribution in [-0.2, 0) is 7.05 Å². The van der Waals surface area contributed by atoms with Gasteiger partial charge in [-0.15, -0.1) is 0 Å². The van der Waals surface area contributed by atoms with Crippen LogP contribution in [0.2, 0.25) is 0 Å². The summed E-state index contributed by atoms with van der Waals surface area (Å²) in [5.41, 5.74) is 3.20. The molecule has 1 saturated heterocycles. The molecule has 1 aliphatic heterocycles. The van der Waals surface area contributed by atoms with E-state index in [1.165, 1.54) is 5.69 Å². The van der Waals surface area contributed by atoms with Crippen molar-refractivity contribution < 1.29 is 0 Å².